The van der Waals surface area contributed by atoms with Crippen LogP contribution in [0, 0.1) is 5.82 Å². The van der Waals surface area contributed by atoms with Crippen LogP contribution in [0.4, 0.5) is 4.39 Å². The number of carbonyl (C=O) groups excluding carboxylic acids is 1. The number of carbonyl (C=O) groups is 1. The monoisotopic (exact) mass is 414 g/mol. The highest BCUT2D eigenvalue weighted by atomic mass is 32.2. The van der Waals surface area contributed by atoms with Gasteiger partial charge in [-0.1, -0.05) is 11.8 Å². The highest BCUT2D eigenvalue weighted by Gasteiger charge is 2.33. The van der Waals surface area contributed by atoms with Crippen LogP contribution < -0.4 is 0 Å². The molecule has 140 valence electrons. The molecule has 1 saturated heterocycles. The Balaban J connectivity index is 1.60. The summed E-state index contributed by atoms with van der Waals surface area (Å²) in [7, 11) is -3.02. The second kappa shape index (κ2) is 8.06. The van der Waals surface area contributed by atoms with Crippen LogP contribution in [-0.2, 0) is 14.6 Å². The van der Waals surface area contributed by atoms with Crippen LogP contribution in [0.5, 0.6) is 0 Å². The highest BCUT2D eigenvalue weighted by molar-refractivity contribution is 8.01. The average molecular weight is 415 g/mol. The van der Waals surface area contributed by atoms with E-state index in [1.807, 2.05) is 12.3 Å². The molecule has 0 unspecified atom stereocenters. The summed E-state index contributed by atoms with van der Waals surface area (Å²) >= 11 is 2.78. The number of hydrogen-bond acceptors (Lipinski definition) is 6. The lowest BCUT2D eigenvalue weighted by Crippen LogP contribution is -2.41. The largest absolute Gasteiger partial charge is 0.338 e. The van der Waals surface area contributed by atoms with Gasteiger partial charge in [0.1, 0.15) is 5.82 Å². The lowest BCUT2D eigenvalue weighted by atomic mass is 10.2. The maximum absolute atomic E-state index is 13.0. The van der Waals surface area contributed by atoms with Gasteiger partial charge >= 0.3 is 0 Å². The molecule has 1 aliphatic heterocycles. The molecule has 0 saturated carbocycles. The van der Waals surface area contributed by atoms with Crippen LogP contribution in [0.25, 0.3) is 11.3 Å². The Hall–Kier alpha value is -1.45. The van der Waals surface area contributed by atoms with E-state index >= 15 is 0 Å². The van der Waals surface area contributed by atoms with Gasteiger partial charge in [0.15, 0.2) is 14.2 Å². The predicted molar refractivity (Wildman–Crippen MR) is 103 cm³/mol. The summed E-state index contributed by atoms with van der Waals surface area (Å²) in [5.74, 6) is 0.0717. The first-order valence-electron chi connectivity index (χ1n) is 8.22. The molecule has 26 heavy (non-hydrogen) atoms. The lowest BCUT2D eigenvalue weighted by Gasteiger charge is -2.26. The van der Waals surface area contributed by atoms with E-state index in [4.69, 9.17) is 0 Å². The van der Waals surface area contributed by atoms with Crippen LogP contribution in [0.2, 0.25) is 0 Å². The average Bonchev–Trinajstić information content (AvgIpc) is 3.21. The Morgan fingerprint density at radius 1 is 1.38 bits per heavy atom. The third-order valence-electron chi connectivity index (χ3n) is 4.25. The minimum atomic E-state index is -3.02. The van der Waals surface area contributed by atoms with Crippen molar-refractivity contribution in [3.63, 3.8) is 0 Å². The number of aromatic nitrogens is 1. The Bertz CT molecular complexity index is 881. The third-order valence-corrected chi connectivity index (χ3v) is 8.01. The second-order valence-electron chi connectivity index (χ2n) is 6.03. The minimum Gasteiger partial charge on any atom is -0.338 e. The Morgan fingerprint density at radius 2 is 2.12 bits per heavy atom. The number of halogens is 1. The minimum absolute atomic E-state index is 0.0587. The zero-order chi connectivity index (χ0) is 18.7. The van der Waals surface area contributed by atoms with E-state index in [2.05, 4.69) is 4.98 Å². The van der Waals surface area contributed by atoms with E-state index in [-0.39, 0.29) is 35.0 Å². The van der Waals surface area contributed by atoms with Crippen molar-refractivity contribution in [3.8, 4) is 11.3 Å². The maximum atomic E-state index is 13.0. The SMILES string of the molecule is CCN(C(=O)CSc1nc(-c2ccc(F)cc2)cs1)[C@@H]1CCS(=O)(=O)C1. The number of nitrogens with zero attached hydrogens (tertiary/aromatic N) is 2. The summed E-state index contributed by atoms with van der Waals surface area (Å²) in [4.78, 5) is 18.6. The second-order valence-corrected chi connectivity index (χ2v) is 10.3. The molecule has 1 aromatic heterocycles. The van der Waals surface area contributed by atoms with Gasteiger partial charge in [-0.3, -0.25) is 4.79 Å². The molecule has 5 nitrogen and oxygen atoms in total. The smallest absolute Gasteiger partial charge is 0.233 e. The van der Waals surface area contributed by atoms with Crippen LogP contribution >= 0.6 is 23.1 Å². The van der Waals surface area contributed by atoms with Gasteiger partial charge in [0.05, 0.1) is 23.0 Å². The molecule has 1 fully saturated rings. The highest BCUT2D eigenvalue weighted by Crippen LogP contribution is 2.29. The molecule has 2 heterocycles. The molecule has 2 aromatic rings. The number of benzene rings is 1. The van der Waals surface area contributed by atoms with Crippen molar-refractivity contribution < 1.29 is 17.6 Å². The summed E-state index contributed by atoms with van der Waals surface area (Å²) in [5, 5.41) is 1.88. The van der Waals surface area contributed by atoms with Crippen molar-refractivity contribution in [2.75, 3.05) is 23.8 Å². The van der Waals surface area contributed by atoms with Gasteiger partial charge in [-0.05, 0) is 37.6 Å². The van der Waals surface area contributed by atoms with Crippen molar-refractivity contribution >= 4 is 38.8 Å². The first kappa shape index (κ1) is 19.3. The Labute approximate surface area is 160 Å². The first-order valence-corrected chi connectivity index (χ1v) is 11.9. The van der Waals surface area contributed by atoms with Crippen molar-refractivity contribution in [1.29, 1.82) is 0 Å². The molecule has 1 aromatic carbocycles. The molecule has 0 spiro atoms. The molecular formula is C17H19FN2O3S3. The number of rotatable bonds is 6. The molecule has 0 aliphatic carbocycles. The van der Waals surface area contributed by atoms with Crippen molar-refractivity contribution in [2.45, 2.75) is 23.7 Å². The number of amides is 1. The third kappa shape index (κ3) is 4.63. The lowest BCUT2D eigenvalue weighted by molar-refractivity contribution is -0.129. The zero-order valence-electron chi connectivity index (χ0n) is 14.2. The topological polar surface area (TPSA) is 67.3 Å². The summed E-state index contributed by atoms with van der Waals surface area (Å²) in [6.07, 6.45) is 0.512. The molecule has 0 N–H and O–H groups in total. The van der Waals surface area contributed by atoms with E-state index in [0.29, 0.717) is 13.0 Å². The fourth-order valence-electron chi connectivity index (χ4n) is 2.94. The number of thioether (sulfide) groups is 1. The van der Waals surface area contributed by atoms with E-state index in [9.17, 15) is 17.6 Å². The van der Waals surface area contributed by atoms with Gasteiger partial charge < -0.3 is 4.90 Å². The normalized spacial score (nSPS) is 18.8. The van der Waals surface area contributed by atoms with Crippen LogP contribution in [-0.4, -0.2) is 54.1 Å². The molecule has 0 bridgehead atoms. The summed E-state index contributed by atoms with van der Waals surface area (Å²) < 4.78 is 37.1. The van der Waals surface area contributed by atoms with E-state index in [0.717, 1.165) is 15.6 Å². The molecular weight excluding hydrogens is 395 g/mol. The van der Waals surface area contributed by atoms with Crippen LogP contribution in [0.15, 0.2) is 34.0 Å². The van der Waals surface area contributed by atoms with E-state index in [1.165, 1.54) is 35.2 Å². The van der Waals surface area contributed by atoms with Gasteiger partial charge in [-0.25, -0.2) is 17.8 Å². The van der Waals surface area contributed by atoms with Crippen LogP contribution in [0.1, 0.15) is 13.3 Å². The fraction of sp³-hybridized carbons (Fsp3) is 0.412. The Kier molecular flexibility index (Phi) is 5.99. The number of hydrogen-bond donors (Lipinski definition) is 0. The zero-order valence-corrected chi connectivity index (χ0v) is 16.7. The van der Waals surface area contributed by atoms with Crippen molar-refractivity contribution in [1.82, 2.24) is 9.88 Å². The number of thiazole rings is 1. The van der Waals surface area contributed by atoms with Gasteiger partial charge in [-0.2, -0.15) is 0 Å². The Morgan fingerprint density at radius 3 is 2.73 bits per heavy atom. The molecule has 1 atom stereocenters. The molecule has 0 radical (unpaired) electrons. The summed E-state index contributed by atoms with van der Waals surface area (Å²) in [6.45, 7) is 2.36. The summed E-state index contributed by atoms with van der Waals surface area (Å²) in [5.41, 5.74) is 1.58. The molecule has 1 amide bonds. The van der Waals surface area contributed by atoms with Crippen LogP contribution in [0.3, 0.4) is 0 Å². The predicted octanol–water partition coefficient (Wildman–Crippen LogP) is 3.08. The molecule has 1 aliphatic rings. The quantitative estimate of drug-likeness (QED) is 0.680. The van der Waals surface area contributed by atoms with Gasteiger partial charge in [0.25, 0.3) is 0 Å². The van der Waals surface area contributed by atoms with Crippen molar-refractivity contribution in [3.05, 3.63) is 35.5 Å². The number of sulfone groups is 1. The molecule has 9 heteroatoms. The first-order chi connectivity index (χ1) is 12.4. The molecule has 3 rings (SSSR count). The van der Waals surface area contributed by atoms with E-state index in [1.54, 1.807) is 17.0 Å². The standard InChI is InChI=1S/C17H19FN2O3S3/c1-2-20(14-7-8-26(22,23)11-14)16(21)10-25-17-19-15(9-24-17)12-3-5-13(18)6-4-12/h3-6,9,14H,2,7-8,10-11H2,1H3/t14-/m1/s1. The van der Waals surface area contributed by atoms with E-state index < -0.39 is 9.84 Å². The fourth-order valence-corrected chi connectivity index (χ4v) is 6.39. The summed E-state index contributed by atoms with van der Waals surface area (Å²) in [6, 6.07) is 5.90. The van der Waals surface area contributed by atoms with Gasteiger partial charge in [-0.15, -0.1) is 11.3 Å². The van der Waals surface area contributed by atoms with Crippen molar-refractivity contribution in [2.24, 2.45) is 0 Å². The van der Waals surface area contributed by atoms with Gasteiger partial charge in [0.2, 0.25) is 5.91 Å². The maximum Gasteiger partial charge on any atom is 0.233 e. The van der Waals surface area contributed by atoms with Gasteiger partial charge in [0, 0.05) is 23.5 Å².